The monoisotopic (exact) mass is 353 g/mol. The van der Waals surface area contributed by atoms with Crippen LogP contribution < -0.4 is 14.8 Å². The molecule has 0 heterocycles. The lowest BCUT2D eigenvalue weighted by atomic mass is 10.1. The number of carbonyl (C=O) groups is 2. The fraction of sp³-hybridized carbons (Fsp3) is 0.238. The van der Waals surface area contributed by atoms with Crippen molar-refractivity contribution < 1.29 is 19.1 Å². The van der Waals surface area contributed by atoms with Gasteiger partial charge in [0.2, 0.25) is 0 Å². The van der Waals surface area contributed by atoms with E-state index in [4.69, 9.17) is 9.47 Å². The van der Waals surface area contributed by atoms with E-state index in [0.717, 1.165) is 5.56 Å². The maximum absolute atomic E-state index is 12.2. The predicted molar refractivity (Wildman–Crippen MR) is 101 cm³/mol. The van der Waals surface area contributed by atoms with Crippen molar-refractivity contribution in [1.29, 1.82) is 0 Å². The zero-order valence-electron chi connectivity index (χ0n) is 15.2. The van der Waals surface area contributed by atoms with Crippen molar-refractivity contribution >= 4 is 18.0 Å². The molecular weight excluding hydrogens is 330 g/mol. The van der Waals surface area contributed by atoms with Gasteiger partial charge in [0, 0.05) is 11.6 Å². The Morgan fingerprint density at radius 2 is 1.85 bits per heavy atom. The topological polar surface area (TPSA) is 64.6 Å². The van der Waals surface area contributed by atoms with Crippen LogP contribution in [0, 0.1) is 0 Å². The molecule has 5 nitrogen and oxygen atoms in total. The summed E-state index contributed by atoms with van der Waals surface area (Å²) in [6, 6.07) is 13.8. The summed E-state index contributed by atoms with van der Waals surface area (Å²) in [4.78, 5) is 24.3. The van der Waals surface area contributed by atoms with Crippen LogP contribution in [0.1, 0.15) is 36.2 Å². The van der Waals surface area contributed by atoms with Crippen molar-refractivity contribution in [3.63, 3.8) is 0 Å². The quantitative estimate of drug-likeness (QED) is 0.607. The minimum Gasteiger partial charge on any atom is -0.493 e. The Labute approximate surface area is 153 Å². The first kappa shape index (κ1) is 19.2. The van der Waals surface area contributed by atoms with Crippen LogP contribution in [0.2, 0.25) is 0 Å². The summed E-state index contributed by atoms with van der Waals surface area (Å²) in [7, 11) is 1.52. The molecule has 0 fully saturated rings. The minimum atomic E-state index is -0.442. The zero-order chi connectivity index (χ0) is 18.9. The standard InChI is InChI=1S/C21H23NO4/c1-4-8-16-11-12-18(19(14-16)25-3)26-20(23)13-15(2)22-21(24)17-9-6-5-7-10-17/h4-12,14-15H,13H2,1-3H3,(H,22,24)/b8-4+. The van der Waals surface area contributed by atoms with E-state index in [1.54, 1.807) is 43.3 Å². The molecule has 0 bridgehead atoms. The van der Waals surface area contributed by atoms with Crippen LogP contribution in [0.3, 0.4) is 0 Å². The first-order valence-corrected chi connectivity index (χ1v) is 8.40. The van der Waals surface area contributed by atoms with Gasteiger partial charge < -0.3 is 14.8 Å². The second-order valence-electron chi connectivity index (χ2n) is 5.83. The largest absolute Gasteiger partial charge is 0.493 e. The van der Waals surface area contributed by atoms with Gasteiger partial charge in [-0.1, -0.05) is 36.4 Å². The van der Waals surface area contributed by atoms with Crippen LogP contribution >= 0.6 is 0 Å². The molecular formula is C21H23NO4. The van der Waals surface area contributed by atoms with Gasteiger partial charge in [-0.05, 0) is 43.7 Å². The summed E-state index contributed by atoms with van der Waals surface area (Å²) < 4.78 is 10.7. The molecule has 5 heteroatoms. The van der Waals surface area contributed by atoms with Crippen molar-refractivity contribution in [2.75, 3.05) is 7.11 Å². The molecule has 1 amide bonds. The Balaban J connectivity index is 1.94. The average molecular weight is 353 g/mol. The first-order chi connectivity index (χ1) is 12.5. The van der Waals surface area contributed by atoms with E-state index < -0.39 is 5.97 Å². The molecule has 0 aromatic heterocycles. The number of hydrogen-bond donors (Lipinski definition) is 1. The number of hydrogen-bond acceptors (Lipinski definition) is 4. The van der Waals surface area contributed by atoms with Crippen molar-refractivity contribution in [1.82, 2.24) is 5.32 Å². The third-order valence-corrected chi connectivity index (χ3v) is 3.66. The predicted octanol–water partition coefficient (Wildman–Crippen LogP) is 3.84. The third-order valence-electron chi connectivity index (χ3n) is 3.66. The smallest absolute Gasteiger partial charge is 0.313 e. The average Bonchev–Trinajstić information content (AvgIpc) is 2.63. The summed E-state index contributed by atoms with van der Waals surface area (Å²) in [5.41, 5.74) is 1.50. The van der Waals surface area contributed by atoms with Gasteiger partial charge >= 0.3 is 5.97 Å². The highest BCUT2D eigenvalue weighted by Gasteiger charge is 2.16. The van der Waals surface area contributed by atoms with Gasteiger partial charge in [-0.15, -0.1) is 0 Å². The maximum atomic E-state index is 12.2. The van der Waals surface area contributed by atoms with Gasteiger partial charge in [0.1, 0.15) is 0 Å². The number of nitrogens with one attached hydrogen (secondary N) is 1. The maximum Gasteiger partial charge on any atom is 0.313 e. The van der Waals surface area contributed by atoms with Crippen LogP contribution in [0.5, 0.6) is 11.5 Å². The molecule has 0 radical (unpaired) electrons. The number of carbonyl (C=O) groups excluding carboxylic acids is 2. The summed E-state index contributed by atoms with van der Waals surface area (Å²) in [6.45, 7) is 3.68. The Kier molecular flexibility index (Phi) is 6.97. The molecule has 2 rings (SSSR count). The van der Waals surface area contributed by atoms with Crippen LogP contribution in [0.4, 0.5) is 0 Å². The molecule has 26 heavy (non-hydrogen) atoms. The molecule has 2 aromatic rings. The highest BCUT2D eigenvalue weighted by atomic mass is 16.6. The molecule has 0 spiro atoms. The van der Waals surface area contributed by atoms with Crippen molar-refractivity contribution in [3.8, 4) is 11.5 Å². The number of rotatable bonds is 7. The molecule has 1 unspecified atom stereocenters. The van der Waals surface area contributed by atoms with Gasteiger partial charge in [-0.3, -0.25) is 9.59 Å². The highest BCUT2D eigenvalue weighted by molar-refractivity contribution is 5.94. The Morgan fingerprint density at radius 3 is 2.50 bits per heavy atom. The number of ether oxygens (including phenoxy) is 2. The summed E-state index contributed by atoms with van der Waals surface area (Å²) in [6.07, 6.45) is 3.89. The van der Waals surface area contributed by atoms with E-state index in [2.05, 4.69) is 5.32 Å². The van der Waals surface area contributed by atoms with Gasteiger partial charge in [0.05, 0.1) is 13.5 Å². The fourth-order valence-electron chi connectivity index (χ4n) is 2.43. The second-order valence-corrected chi connectivity index (χ2v) is 5.83. The van der Waals surface area contributed by atoms with Gasteiger partial charge in [0.25, 0.3) is 5.91 Å². The number of methoxy groups -OCH3 is 1. The van der Waals surface area contributed by atoms with E-state index in [-0.39, 0.29) is 18.4 Å². The van der Waals surface area contributed by atoms with E-state index in [1.807, 2.05) is 31.2 Å². The molecule has 1 atom stereocenters. The molecule has 1 N–H and O–H groups in total. The van der Waals surface area contributed by atoms with Gasteiger partial charge in [-0.2, -0.15) is 0 Å². The second kappa shape index (κ2) is 9.42. The van der Waals surface area contributed by atoms with Crippen LogP contribution in [-0.2, 0) is 4.79 Å². The number of allylic oxidation sites excluding steroid dienone is 1. The minimum absolute atomic E-state index is 0.0539. The lowest BCUT2D eigenvalue weighted by molar-refractivity contribution is -0.134. The Morgan fingerprint density at radius 1 is 1.12 bits per heavy atom. The molecule has 2 aromatic carbocycles. The summed E-state index contributed by atoms with van der Waals surface area (Å²) in [5, 5.41) is 2.79. The van der Waals surface area contributed by atoms with Crippen molar-refractivity contribution in [3.05, 3.63) is 65.7 Å². The SMILES string of the molecule is C/C=C/c1ccc(OC(=O)CC(C)NC(=O)c2ccccc2)c(OC)c1. The van der Waals surface area contributed by atoms with Gasteiger partial charge in [-0.25, -0.2) is 0 Å². The van der Waals surface area contributed by atoms with E-state index in [9.17, 15) is 9.59 Å². The van der Waals surface area contributed by atoms with E-state index in [1.165, 1.54) is 7.11 Å². The molecule has 0 saturated heterocycles. The van der Waals surface area contributed by atoms with Crippen molar-refractivity contribution in [2.24, 2.45) is 0 Å². The number of esters is 1. The number of amides is 1. The van der Waals surface area contributed by atoms with Crippen molar-refractivity contribution in [2.45, 2.75) is 26.3 Å². The molecule has 0 saturated carbocycles. The first-order valence-electron chi connectivity index (χ1n) is 8.40. The normalized spacial score (nSPS) is 11.8. The Hall–Kier alpha value is -3.08. The number of benzene rings is 2. The van der Waals surface area contributed by atoms with E-state index >= 15 is 0 Å². The summed E-state index contributed by atoms with van der Waals surface area (Å²) in [5.74, 6) is 0.171. The zero-order valence-corrected chi connectivity index (χ0v) is 15.2. The van der Waals surface area contributed by atoms with Crippen LogP contribution in [0.25, 0.3) is 6.08 Å². The van der Waals surface area contributed by atoms with Crippen LogP contribution in [0.15, 0.2) is 54.6 Å². The molecule has 0 aliphatic rings. The van der Waals surface area contributed by atoms with Gasteiger partial charge in [0.15, 0.2) is 11.5 Å². The Bertz CT molecular complexity index is 784. The molecule has 0 aliphatic carbocycles. The summed E-state index contributed by atoms with van der Waals surface area (Å²) >= 11 is 0. The lowest BCUT2D eigenvalue weighted by Crippen LogP contribution is -2.35. The third kappa shape index (κ3) is 5.48. The highest BCUT2D eigenvalue weighted by Crippen LogP contribution is 2.29. The fourth-order valence-corrected chi connectivity index (χ4v) is 2.43. The lowest BCUT2D eigenvalue weighted by Gasteiger charge is -2.14. The van der Waals surface area contributed by atoms with Crippen LogP contribution in [-0.4, -0.2) is 25.0 Å². The molecule has 0 aliphatic heterocycles. The molecule has 136 valence electrons. The van der Waals surface area contributed by atoms with E-state index in [0.29, 0.717) is 17.1 Å².